The molecule has 6 unspecified atom stereocenters. The van der Waals surface area contributed by atoms with Gasteiger partial charge in [-0.1, -0.05) is 53.8 Å². The zero-order valence-corrected chi connectivity index (χ0v) is 48.1. The van der Waals surface area contributed by atoms with Crippen LogP contribution in [0.1, 0.15) is 68.1 Å². The molecule has 15 nitrogen and oxygen atoms in total. The summed E-state index contributed by atoms with van der Waals surface area (Å²) >= 11 is 0. The van der Waals surface area contributed by atoms with Crippen LogP contribution in [0.25, 0.3) is 0 Å². The fraction of sp³-hybridized carbons (Fsp3) is 0.431. The maximum absolute atomic E-state index is 13.9. The number of methoxy groups -OCH3 is 3. The van der Waals surface area contributed by atoms with E-state index in [9.17, 15) is 13.7 Å². The SMILES string of the molecule is CCOP(C)(=O)C1=NC(CNCCN(CCNCc2cc(C#CC3=CCC(OC)C=C3)cc(P(C)(=O)OCC)n2)Cc2cc(C#Cc3ccc(OC)cc3)cc(P(C)(=O)OCC)n2)=CC(C#CC2C=CC(OC)=CC2)C1. The first-order chi connectivity index (χ1) is 36.5. The van der Waals surface area contributed by atoms with Crippen LogP contribution < -0.4 is 26.2 Å². The normalized spacial score (nSPS) is 19.4. The summed E-state index contributed by atoms with van der Waals surface area (Å²) in [4.78, 5) is 16.8. The van der Waals surface area contributed by atoms with Gasteiger partial charge in [0.2, 0.25) is 22.1 Å². The van der Waals surface area contributed by atoms with Gasteiger partial charge in [-0.2, -0.15) is 0 Å². The van der Waals surface area contributed by atoms with Gasteiger partial charge in [-0.05, 0) is 106 Å². The Morgan fingerprint density at radius 3 is 1.86 bits per heavy atom. The second-order valence-corrected chi connectivity index (χ2v) is 25.7. The van der Waals surface area contributed by atoms with Crippen molar-refractivity contribution in [1.82, 2.24) is 25.5 Å². The molecule has 0 saturated carbocycles. The molecule has 1 aromatic carbocycles. The minimum Gasteiger partial charge on any atom is -0.497 e. The maximum atomic E-state index is 13.9. The maximum Gasteiger partial charge on any atom is 0.247 e. The summed E-state index contributed by atoms with van der Waals surface area (Å²) in [5.41, 5.74) is 6.32. The van der Waals surface area contributed by atoms with E-state index >= 15 is 0 Å². The van der Waals surface area contributed by atoms with Gasteiger partial charge in [0.15, 0.2) is 0 Å². The van der Waals surface area contributed by atoms with Gasteiger partial charge < -0.3 is 38.4 Å². The lowest BCUT2D eigenvalue weighted by Gasteiger charge is -2.24. The monoisotopic (exact) mass is 1090 g/mol. The smallest absolute Gasteiger partial charge is 0.247 e. The Hall–Kier alpha value is -5.42. The average molecular weight is 1090 g/mol. The van der Waals surface area contributed by atoms with E-state index in [0.29, 0.717) is 97.7 Å². The molecular formula is C58H73N6O9P3. The van der Waals surface area contributed by atoms with Gasteiger partial charge in [0, 0.05) is 113 Å². The molecule has 2 N–H and O–H groups in total. The van der Waals surface area contributed by atoms with E-state index in [4.69, 9.17) is 42.7 Å². The van der Waals surface area contributed by atoms with Gasteiger partial charge in [0.05, 0.1) is 57.2 Å². The van der Waals surface area contributed by atoms with Crippen LogP contribution in [0.4, 0.5) is 0 Å². The zero-order chi connectivity index (χ0) is 54.6. The molecule has 2 aliphatic carbocycles. The van der Waals surface area contributed by atoms with Crippen molar-refractivity contribution < 1.29 is 41.5 Å². The summed E-state index contributed by atoms with van der Waals surface area (Å²) in [6.07, 6.45) is 16.0. The minimum absolute atomic E-state index is 0.0269. The lowest BCUT2D eigenvalue weighted by molar-refractivity contribution is 0.142. The second-order valence-electron chi connectivity index (χ2n) is 18.4. The first-order valence-corrected chi connectivity index (χ1v) is 31.9. The fourth-order valence-electron chi connectivity index (χ4n) is 8.32. The average Bonchev–Trinajstić information content (AvgIpc) is 3.42. The molecule has 0 radical (unpaired) electrons. The van der Waals surface area contributed by atoms with Crippen molar-refractivity contribution in [2.75, 3.05) is 93.9 Å². The molecule has 2 aromatic heterocycles. The van der Waals surface area contributed by atoms with E-state index in [1.54, 1.807) is 53.5 Å². The quantitative estimate of drug-likeness (QED) is 0.0495. The Balaban J connectivity index is 1.24. The number of pyridine rings is 2. The lowest BCUT2D eigenvalue weighted by Crippen LogP contribution is -2.37. The van der Waals surface area contributed by atoms with Crippen LogP contribution in [0, 0.1) is 47.4 Å². The van der Waals surface area contributed by atoms with Crippen molar-refractivity contribution >= 4 is 38.4 Å². The molecular weight excluding hydrogens is 1020 g/mol. The fourth-order valence-corrected chi connectivity index (χ4v) is 12.4. The largest absolute Gasteiger partial charge is 0.497 e. The van der Waals surface area contributed by atoms with Gasteiger partial charge in [0.25, 0.3) is 0 Å². The van der Waals surface area contributed by atoms with Crippen LogP contribution in [0.3, 0.4) is 0 Å². The molecule has 0 amide bonds. The topological polar surface area (TPSA) is 172 Å². The van der Waals surface area contributed by atoms with Gasteiger partial charge >= 0.3 is 0 Å². The van der Waals surface area contributed by atoms with E-state index in [-0.39, 0.29) is 31.2 Å². The van der Waals surface area contributed by atoms with Crippen LogP contribution >= 0.6 is 22.1 Å². The summed E-state index contributed by atoms with van der Waals surface area (Å²) in [5, 5.41) is 7.13. The highest BCUT2D eigenvalue weighted by atomic mass is 31.2. The summed E-state index contributed by atoms with van der Waals surface area (Å²) in [6, 6.07) is 14.8. The third-order valence-corrected chi connectivity index (χ3v) is 17.9. The van der Waals surface area contributed by atoms with Crippen molar-refractivity contribution in [3.05, 3.63) is 136 Å². The molecule has 0 fully saturated rings. The molecule has 6 atom stereocenters. The van der Waals surface area contributed by atoms with E-state index in [0.717, 1.165) is 41.2 Å². The van der Waals surface area contributed by atoms with Crippen LogP contribution in [0.15, 0.2) is 113 Å². The molecule has 3 aromatic rings. The zero-order valence-electron chi connectivity index (χ0n) is 45.4. The Labute approximate surface area is 450 Å². The number of allylic oxidation sites excluding steroid dienone is 6. The molecule has 404 valence electrons. The summed E-state index contributed by atoms with van der Waals surface area (Å²) in [6.45, 7) is 14.5. The molecule has 3 aliphatic rings. The predicted molar refractivity (Wildman–Crippen MR) is 305 cm³/mol. The number of hydrogen-bond donors (Lipinski definition) is 2. The standard InChI is InChI=1S/C58H73N6O9P3/c1-10-71-74(7,65)56-38-47(16-13-44-19-25-53(68-4)26-20-44)35-50(61-56)41-59-31-33-64(43-52-37-49(40-58(63-52)76(9,67)73-12-3)18-15-46-23-29-55(70-6)30-24-46)34-32-60-42-51-36-48(39-57(62-51)75(8,66)72-11-2)17-14-45-21-27-54(69-5)28-22-45/h19-21,23-25,27-30,35-38,40,45,48,53,59-60H,10-12,22,26,31-34,39,41-43H2,1-9H3. The number of aromatic nitrogens is 2. The number of nitrogens with zero attached hydrogens (tertiary/aromatic N) is 4. The van der Waals surface area contributed by atoms with Gasteiger partial charge in [-0.15, -0.1) is 0 Å². The molecule has 6 rings (SSSR count). The number of ether oxygens (including phenoxy) is 3. The van der Waals surface area contributed by atoms with Crippen molar-refractivity contribution in [3.63, 3.8) is 0 Å². The Kier molecular flexibility index (Phi) is 23.1. The number of nitrogens with one attached hydrogen (secondary N) is 2. The summed E-state index contributed by atoms with van der Waals surface area (Å²) in [7, 11) is -4.73. The first kappa shape index (κ1) is 59.8. The van der Waals surface area contributed by atoms with Crippen molar-refractivity contribution in [1.29, 1.82) is 0 Å². The van der Waals surface area contributed by atoms with Crippen molar-refractivity contribution in [2.45, 2.75) is 59.2 Å². The highest BCUT2D eigenvalue weighted by Gasteiger charge is 2.29. The van der Waals surface area contributed by atoms with Crippen LogP contribution in [0.5, 0.6) is 5.75 Å². The Morgan fingerprint density at radius 2 is 1.26 bits per heavy atom. The van der Waals surface area contributed by atoms with Gasteiger partial charge in [-0.3, -0.25) is 23.6 Å². The number of rotatable bonds is 24. The molecule has 0 spiro atoms. The number of hydrogen-bond acceptors (Lipinski definition) is 15. The molecule has 18 heteroatoms. The number of aliphatic imine (C=N–C) groups is 1. The van der Waals surface area contributed by atoms with E-state index in [2.05, 4.69) is 57.1 Å². The number of benzene rings is 1. The third kappa shape index (κ3) is 18.7. The molecule has 1 aliphatic heterocycles. The molecule has 76 heavy (non-hydrogen) atoms. The van der Waals surface area contributed by atoms with Crippen LogP contribution in [-0.2, 0) is 49.8 Å². The molecule has 3 heterocycles. The summed E-state index contributed by atoms with van der Waals surface area (Å²) in [5.74, 6) is 21.2. The van der Waals surface area contributed by atoms with E-state index in [1.807, 2.05) is 93.6 Å². The van der Waals surface area contributed by atoms with Gasteiger partial charge in [0.1, 0.15) is 27.8 Å². The lowest BCUT2D eigenvalue weighted by atomic mass is 9.97. The van der Waals surface area contributed by atoms with Crippen LogP contribution in [0.2, 0.25) is 0 Å². The van der Waals surface area contributed by atoms with Crippen molar-refractivity contribution in [2.24, 2.45) is 16.8 Å². The predicted octanol–water partition coefficient (Wildman–Crippen LogP) is 8.82. The second kappa shape index (κ2) is 29.4. The van der Waals surface area contributed by atoms with Gasteiger partial charge in [-0.25, -0.2) is 9.97 Å². The summed E-state index contributed by atoms with van der Waals surface area (Å²) < 4.78 is 74.8. The third-order valence-electron chi connectivity index (χ3n) is 12.3. The molecule has 0 saturated heterocycles. The van der Waals surface area contributed by atoms with Crippen molar-refractivity contribution in [3.8, 4) is 41.3 Å². The highest BCUT2D eigenvalue weighted by molar-refractivity contribution is 7.76. The Bertz CT molecular complexity index is 3040. The minimum atomic E-state index is -3.30. The Morgan fingerprint density at radius 1 is 0.658 bits per heavy atom. The molecule has 0 bridgehead atoms. The highest BCUT2D eigenvalue weighted by Crippen LogP contribution is 2.48. The van der Waals surface area contributed by atoms with E-state index in [1.165, 1.54) is 0 Å². The van der Waals surface area contributed by atoms with E-state index < -0.39 is 22.1 Å². The van der Waals surface area contributed by atoms with Crippen LogP contribution in [-0.4, -0.2) is 120 Å². The first-order valence-electron chi connectivity index (χ1n) is 25.7.